The molecule has 2 unspecified atom stereocenters. The summed E-state index contributed by atoms with van der Waals surface area (Å²) in [7, 11) is -3.90. The summed E-state index contributed by atoms with van der Waals surface area (Å²) in [4.78, 5) is 24.4. The van der Waals surface area contributed by atoms with Crippen LogP contribution in [-0.2, 0) is 18.5 Å². The van der Waals surface area contributed by atoms with E-state index in [1.54, 1.807) is 30.3 Å². The smallest absolute Gasteiger partial charge is 0.279 e. The van der Waals surface area contributed by atoms with Crippen LogP contribution in [0.4, 0.5) is 0 Å². The molecule has 2 aliphatic rings. The Labute approximate surface area is 152 Å². The van der Waals surface area contributed by atoms with Crippen molar-refractivity contribution in [2.75, 3.05) is 11.5 Å². The second-order valence-corrected chi connectivity index (χ2v) is 9.96. The summed E-state index contributed by atoms with van der Waals surface area (Å²) in [5.74, 6) is -0.295. The summed E-state index contributed by atoms with van der Waals surface area (Å²) in [6.07, 6.45) is 1.94. The lowest BCUT2D eigenvalue weighted by Gasteiger charge is -2.35. The first-order valence-electron chi connectivity index (χ1n) is 8.33. The molecule has 0 N–H and O–H groups in total. The van der Waals surface area contributed by atoms with E-state index in [1.807, 2.05) is 13.8 Å². The number of ketones is 2. The first-order valence-corrected chi connectivity index (χ1v) is 10.8. The average Bonchev–Trinajstić information content (AvgIpc) is 2.89. The quantitative estimate of drug-likeness (QED) is 0.532. The third-order valence-electron chi connectivity index (χ3n) is 6.00. The number of Topliss-reactive ketones (excluding diaryl/α,β-unsaturated/α-hetero) is 2. The van der Waals surface area contributed by atoms with E-state index < -0.39 is 15.5 Å². The van der Waals surface area contributed by atoms with E-state index in [9.17, 15) is 18.0 Å². The zero-order valence-corrected chi connectivity index (χ0v) is 16.0. The minimum Gasteiger partial charge on any atom is -0.299 e. The minimum atomic E-state index is -3.90. The summed E-state index contributed by atoms with van der Waals surface area (Å²) >= 11 is 0.622. The summed E-state index contributed by atoms with van der Waals surface area (Å²) in [5, 5.41) is 0. The molecule has 2 aliphatic carbocycles. The van der Waals surface area contributed by atoms with Crippen LogP contribution >= 0.6 is 12.0 Å². The highest BCUT2D eigenvalue weighted by atomic mass is 32.3. The van der Waals surface area contributed by atoms with Crippen molar-refractivity contribution in [1.82, 2.24) is 0 Å². The van der Waals surface area contributed by atoms with Crippen molar-refractivity contribution in [3.05, 3.63) is 35.9 Å². The number of rotatable bonds is 7. The molecule has 2 atom stereocenters. The van der Waals surface area contributed by atoms with E-state index >= 15 is 0 Å². The normalized spacial score (nSPS) is 27.6. The topological polar surface area (TPSA) is 77.5 Å². The maximum atomic E-state index is 12.4. The molecule has 0 saturated heterocycles. The Balaban J connectivity index is 1.61. The van der Waals surface area contributed by atoms with Gasteiger partial charge in [-0.3, -0.25) is 9.59 Å². The molecule has 2 saturated carbocycles. The van der Waals surface area contributed by atoms with E-state index in [0.29, 0.717) is 30.4 Å². The van der Waals surface area contributed by atoms with Gasteiger partial charge in [-0.25, -0.2) is 0 Å². The van der Waals surface area contributed by atoms with Crippen LogP contribution < -0.4 is 0 Å². The van der Waals surface area contributed by atoms with Crippen LogP contribution in [0, 0.1) is 16.7 Å². The molecule has 25 heavy (non-hydrogen) atoms. The predicted molar refractivity (Wildman–Crippen MR) is 96.7 cm³/mol. The summed E-state index contributed by atoms with van der Waals surface area (Å²) in [6.45, 7) is 3.97. The van der Waals surface area contributed by atoms with E-state index in [2.05, 4.69) is 0 Å². The first kappa shape index (κ1) is 18.6. The van der Waals surface area contributed by atoms with Gasteiger partial charge in [0.05, 0.1) is 16.9 Å². The van der Waals surface area contributed by atoms with Crippen molar-refractivity contribution in [2.45, 2.75) is 33.1 Å². The Hall–Kier alpha value is -1.18. The van der Waals surface area contributed by atoms with Crippen molar-refractivity contribution in [1.29, 1.82) is 0 Å². The molecule has 5 nitrogen and oxygen atoms in total. The van der Waals surface area contributed by atoms with Crippen molar-refractivity contribution in [3.63, 3.8) is 0 Å². The van der Waals surface area contributed by atoms with Gasteiger partial charge in [0.25, 0.3) is 10.1 Å². The van der Waals surface area contributed by atoms with E-state index in [0.717, 1.165) is 6.42 Å². The van der Waals surface area contributed by atoms with Crippen molar-refractivity contribution in [3.8, 4) is 0 Å². The van der Waals surface area contributed by atoms with Gasteiger partial charge in [0.15, 0.2) is 5.78 Å². The molecule has 0 spiro atoms. The van der Waals surface area contributed by atoms with Crippen LogP contribution in [0.2, 0.25) is 0 Å². The lowest BCUT2D eigenvalue weighted by atomic mass is 9.70. The Bertz CT molecular complexity index is 785. The SMILES string of the molecule is CC1(C)C2CCC1(CS(=O)(=O)OSCC(=O)c1ccccc1)C(=O)C2. The molecule has 3 rings (SSSR count). The Kier molecular flexibility index (Phi) is 4.85. The highest BCUT2D eigenvalue weighted by molar-refractivity contribution is 8.04. The lowest BCUT2D eigenvalue weighted by Crippen LogP contribution is -2.42. The van der Waals surface area contributed by atoms with Gasteiger partial charge in [0, 0.05) is 24.0 Å². The standard InChI is InChI=1S/C18H22O5S2/c1-17(2)14-8-9-18(17,16(20)10-14)12-25(21,22)23-24-11-15(19)13-6-4-3-5-7-13/h3-7,14H,8-12H2,1-2H3. The maximum absolute atomic E-state index is 12.4. The zero-order valence-electron chi connectivity index (χ0n) is 14.4. The van der Waals surface area contributed by atoms with Crippen molar-refractivity contribution >= 4 is 33.7 Å². The maximum Gasteiger partial charge on any atom is 0.279 e. The number of carbonyl (C=O) groups is 2. The number of hydrogen-bond acceptors (Lipinski definition) is 6. The molecule has 0 amide bonds. The van der Waals surface area contributed by atoms with Gasteiger partial charge in [0.2, 0.25) is 0 Å². The second kappa shape index (κ2) is 6.52. The summed E-state index contributed by atoms with van der Waals surface area (Å²) in [6, 6.07) is 8.65. The monoisotopic (exact) mass is 382 g/mol. The number of fused-ring (bicyclic) bond motifs is 2. The summed E-state index contributed by atoms with van der Waals surface area (Å²) < 4.78 is 29.8. The molecule has 0 aliphatic heterocycles. The molecular weight excluding hydrogens is 360 g/mol. The predicted octanol–water partition coefficient (Wildman–Crippen LogP) is 3.26. The fourth-order valence-electron chi connectivity index (χ4n) is 4.29. The van der Waals surface area contributed by atoms with Gasteiger partial charge in [0.1, 0.15) is 5.78 Å². The number of hydrogen-bond donors (Lipinski definition) is 0. The van der Waals surface area contributed by atoms with Crippen LogP contribution in [0.5, 0.6) is 0 Å². The van der Waals surface area contributed by atoms with Gasteiger partial charge in [-0.2, -0.15) is 12.0 Å². The fourth-order valence-corrected chi connectivity index (χ4v) is 6.82. The van der Waals surface area contributed by atoms with Crippen LogP contribution in [0.15, 0.2) is 30.3 Å². The summed E-state index contributed by atoms with van der Waals surface area (Å²) in [5.41, 5.74) is -0.661. The largest absolute Gasteiger partial charge is 0.299 e. The molecule has 2 bridgehead atoms. The van der Waals surface area contributed by atoms with Crippen molar-refractivity contribution in [2.24, 2.45) is 16.7 Å². The lowest BCUT2D eigenvalue weighted by molar-refractivity contribution is -0.128. The third-order valence-corrected chi connectivity index (χ3v) is 8.44. The van der Waals surface area contributed by atoms with Crippen molar-refractivity contribution < 1.29 is 21.6 Å². The Morgan fingerprint density at radius 2 is 1.96 bits per heavy atom. The second-order valence-electron chi connectivity index (χ2n) is 7.49. The van der Waals surface area contributed by atoms with Gasteiger partial charge in [-0.15, -0.1) is 0 Å². The molecule has 0 heterocycles. The first-order chi connectivity index (χ1) is 11.7. The van der Waals surface area contributed by atoms with Crippen LogP contribution in [0.3, 0.4) is 0 Å². The molecule has 1 aromatic carbocycles. The highest BCUT2D eigenvalue weighted by Crippen LogP contribution is 2.64. The molecule has 0 aromatic heterocycles. The van der Waals surface area contributed by atoms with Crippen LogP contribution in [0.25, 0.3) is 0 Å². The molecule has 0 radical (unpaired) electrons. The number of benzene rings is 1. The van der Waals surface area contributed by atoms with Crippen LogP contribution in [-0.4, -0.2) is 31.5 Å². The van der Waals surface area contributed by atoms with Gasteiger partial charge >= 0.3 is 0 Å². The third kappa shape index (κ3) is 3.29. The Morgan fingerprint density at radius 1 is 1.28 bits per heavy atom. The van der Waals surface area contributed by atoms with E-state index in [1.165, 1.54) is 0 Å². The average molecular weight is 383 g/mol. The molecule has 2 fully saturated rings. The molecule has 1 aromatic rings. The van der Waals surface area contributed by atoms with Crippen LogP contribution in [0.1, 0.15) is 43.5 Å². The van der Waals surface area contributed by atoms with Gasteiger partial charge in [-0.05, 0) is 24.2 Å². The van der Waals surface area contributed by atoms with Gasteiger partial charge < -0.3 is 0 Å². The number of carbonyl (C=O) groups excluding carboxylic acids is 2. The molecule has 136 valence electrons. The van der Waals surface area contributed by atoms with E-state index in [-0.39, 0.29) is 34.4 Å². The Morgan fingerprint density at radius 3 is 2.52 bits per heavy atom. The highest BCUT2D eigenvalue weighted by Gasteiger charge is 2.65. The fraction of sp³-hybridized carbons (Fsp3) is 0.556. The van der Waals surface area contributed by atoms with E-state index in [4.69, 9.17) is 3.63 Å². The molecular formula is C18H22O5S2. The van der Waals surface area contributed by atoms with Gasteiger partial charge in [-0.1, -0.05) is 44.2 Å². The minimum absolute atomic E-state index is 0.0336. The zero-order chi connectivity index (χ0) is 18.3. The molecule has 7 heteroatoms.